The van der Waals surface area contributed by atoms with Crippen molar-refractivity contribution >= 4 is 21.8 Å². The molecule has 3 nitrogen and oxygen atoms in total. The fourth-order valence-electron chi connectivity index (χ4n) is 2.08. The van der Waals surface area contributed by atoms with Gasteiger partial charge in [0.05, 0.1) is 11.6 Å². The van der Waals surface area contributed by atoms with Gasteiger partial charge in [-0.25, -0.2) is 4.98 Å². The van der Waals surface area contributed by atoms with E-state index in [9.17, 15) is 4.79 Å². The number of nitrogens with one attached hydrogen (secondary N) is 1. The summed E-state index contributed by atoms with van der Waals surface area (Å²) in [5.41, 5.74) is 2.93. The lowest BCUT2D eigenvalue weighted by Gasteiger charge is -2.16. The summed E-state index contributed by atoms with van der Waals surface area (Å²) in [5.74, 6) is 0.380. The molecule has 1 aromatic carbocycles. The number of benzene rings is 1. The number of rotatable bonds is 4. The molecule has 4 heteroatoms. The second kappa shape index (κ2) is 6.85. The molecule has 1 unspecified atom stereocenters. The van der Waals surface area contributed by atoms with Crippen LogP contribution >= 0.6 is 15.9 Å². The summed E-state index contributed by atoms with van der Waals surface area (Å²) in [6.45, 7) is 6.31. The monoisotopic (exact) mass is 346 g/mol. The van der Waals surface area contributed by atoms with E-state index < -0.39 is 0 Å². The fraction of sp³-hybridized carbons (Fsp3) is 0.294. The van der Waals surface area contributed by atoms with Crippen LogP contribution in [0.1, 0.15) is 54.2 Å². The van der Waals surface area contributed by atoms with E-state index in [-0.39, 0.29) is 11.9 Å². The predicted octanol–water partition coefficient (Wildman–Crippen LogP) is 4.46. The van der Waals surface area contributed by atoms with Crippen molar-refractivity contribution in [3.8, 4) is 0 Å². The number of carbonyl (C=O) groups is 1. The molecule has 0 bridgehead atoms. The van der Waals surface area contributed by atoms with Crippen molar-refractivity contribution in [1.29, 1.82) is 0 Å². The topological polar surface area (TPSA) is 42.0 Å². The van der Waals surface area contributed by atoms with E-state index >= 15 is 0 Å². The van der Waals surface area contributed by atoms with Crippen LogP contribution in [0.3, 0.4) is 0 Å². The molecule has 1 atom stereocenters. The van der Waals surface area contributed by atoms with Crippen LogP contribution in [0.25, 0.3) is 0 Å². The Balaban J connectivity index is 2.09. The van der Waals surface area contributed by atoms with Crippen LogP contribution in [-0.4, -0.2) is 10.9 Å². The zero-order valence-corrected chi connectivity index (χ0v) is 14.0. The second-order valence-corrected chi connectivity index (χ2v) is 6.11. The van der Waals surface area contributed by atoms with Crippen LogP contribution in [0.4, 0.5) is 0 Å². The maximum Gasteiger partial charge on any atom is 0.254 e. The molecule has 1 heterocycles. The first-order valence-corrected chi connectivity index (χ1v) is 7.79. The van der Waals surface area contributed by atoms with Gasteiger partial charge in [-0.1, -0.05) is 38.1 Å². The van der Waals surface area contributed by atoms with Gasteiger partial charge in [0.25, 0.3) is 5.91 Å². The van der Waals surface area contributed by atoms with Crippen molar-refractivity contribution in [2.75, 3.05) is 0 Å². The first-order valence-electron chi connectivity index (χ1n) is 7.00. The molecular formula is C17H19BrN2O. The number of nitrogens with zero attached hydrogens (tertiary/aromatic N) is 1. The van der Waals surface area contributed by atoms with Gasteiger partial charge in [0, 0.05) is 6.20 Å². The van der Waals surface area contributed by atoms with Crippen molar-refractivity contribution < 1.29 is 4.79 Å². The quantitative estimate of drug-likeness (QED) is 0.830. The summed E-state index contributed by atoms with van der Waals surface area (Å²) in [4.78, 5) is 16.3. The molecule has 0 fully saturated rings. The Bertz CT molecular complexity index is 623. The van der Waals surface area contributed by atoms with Crippen LogP contribution in [0.2, 0.25) is 0 Å². The standard InChI is InChI=1S/C17H19BrN2O/c1-11(2)13-6-8-14(9-7-13)12(3)20-17(21)15-5-4-10-19-16(15)18/h4-12H,1-3H3,(H,20,21). The molecule has 2 rings (SSSR count). The van der Waals surface area contributed by atoms with E-state index in [1.807, 2.05) is 6.92 Å². The lowest BCUT2D eigenvalue weighted by atomic mass is 9.99. The Hall–Kier alpha value is -1.68. The summed E-state index contributed by atoms with van der Waals surface area (Å²) < 4.78 is 0.560. The third-order valence-corrected chi connectivity index (χ3v) is 4.09. The molecular weight excluding hydrogens is 328 g/mol. The van der Waals surface area contributed by atoms with Gasteiger partial charge in [0.15, 0.2) is 0 Å². The number of pyridine rings is 1. The van der Waals surface area contributed by atoms with E-state index in [2.05, 4.69) is 64.3 Å². The van der Waals surface area contributed by atoms with E-state index in [1.165, 1.54) is 5.56 Å². The lowest BCUT2D eigenvalue weighted by molar-refractivity contribution is 0.0938. The minimum Gasteiger partial charge on any atom is -0.345 e. The number of carbonyl (C=O) groups excluding carboxylic acids is 1. The Morgan fingerprint density at radius 3 is 2.29 bits per heavy atom. The molecule has 0 aliphatic rings. The fourth-order valence-corrected chi connectivity index (χ4v) is 2.51. The van der Waals surface area contributed by atoms with Crippen molar-refractivity contribution in [1.82, 2.24) is 10.3 Å². The average molecular weight is 347 g/mol. The van der Waals surface area contributed by atoms with Gasteiger partial charge in [0.2, 0.25) is 0 Å². The third kappa shape index (κ3) is 3.91. The Morgan fingerprint density at radius 1 is 1.10 bits per heavy atom. The molecule has 0 radical (unpaired) electrons. The Kier molecular flexibility index (Phi) is 5.12. The number of hydrogen-bond donors (Lipinski definition) is 1. The van der Waals surface area contributed by atoms with Gasteiger partial charge in [-0.2, -0.15) is 0 Å². The number of amides is 1. The highest BCUT2D eigenvalue weighted by Crippen LogP contribution is 2.19. The van der Waals surface area contributed by atoms with Crippen LogP contribution in [0.15, 0.2) is 47.2 Å². The van der Waals surface area contributed by atoms with Crippen LogP contribution in [0, 0.1) is 0 Å². The smallest absolute Gasteiger partial charge is 0.254 e. The number of halogens is 1. The summed E-state index contributed by atoms with van der Waals surface area (Å²) in [7, 11) is 0. The zero-order chi connectivity index (χ0) is 15.4. The molecule has 1 aromatic heterocycles. The van der Waals surface area contributed by atoms with E-state index in [0.717, 1.165) is 5.56 Å². The molecule has 1 N–H and O–H groups in total. The summed E-state index contributed by atoms with van der Waals surface area (Å²) in [6, 6.07) is 11.8. The Morgan fingerprint density at radius 2 is 1.71 bits per heavy atom. The first kappa shape index (κ1) is 15.7. The molecule has 2 aromatic rings. The normalized spacial score (nSPS) is 12.2. The molecule has 21 heavy (non-hydrogen) atoms. The predicted molar refractivity (Wildman–Crippen MR) is 88.3 cm³/mol. The van der Waals surface area contributed by atoms with Crippen molar-refractivity contribution in [3.63, 3.8) is 0 Å². The maximum atomic E-state index is 12.2. The molecule has 110 valence electrons. The summed E-state index contributed by atoms with van der Waals surface area (Å²) >= 11 is 3.30. The van der Waals surface area contributed by atoms with Gasteiger partial charge in [-0.3, -0.25) is 4.79 Å². The largest absolute Gasteiger partial charge is 0.345 e. The summed E-state index contributed by atoms with van der Waals surface area (Å²) in [6.07, 6.45) is 1.65. The highest BCUT2D eigenvalue weighted by molar-refractivity contribution is 9.10. The van der Waals surface area contributed by atoms with Crippen LogP contribution in [0.5, 0.6) is 0 Å². The number of hydrogen-bond acceptors (Lipinski definition) is 2. The van der Waals surface area contributed by atoms with Crippen LogP contribution in [-0.2, 0) is 0 Å². The Labute approximate surface area is 133 Å². The third-order valence-electron chi connectivity index (χ3n) is 3.45. The first-order chi connectivity index (χ1) is 9.99. The molecule has 0 saturated heterocycles. The molecule has 0 aliphatic heterocycles. The van der Waals surface area contributed by atoms with E-state index in [4.69, 9.17) is 0 Å². The van der Waals surface area contributed by atoms with E-state index in [1.54, 1.807) is 18.3 Å². The lowest BCUT2D eigenvalue weighted by Crippen LogP contribution is -2.27. The highest BCUT2D eigenvalue weighted by atomic mass is 79.9. The van der Waals surface area contributed by atoms with Gasteiger partial charge >= 0.3 is 0 Å². The molecule has 0 spiro atoms. The highest BCUT2D eigenvalue weighted by Gasteiger charge is 2.14. The van der Waals surface area contributed by atoms with Gasteiger partial charge in [0.1, 0.15) is 4.60 Å². The SMILES string of the molecule is CC(C)c1ccc(C(C)NC(=O)c2cccnc2Br)cc1. The molecule has 1 amide bonds. The minimum atomic E-state index is -0.129. The second-order valence-electron chi connectivity index (χ2n) is 5.36. The minimum absolute atomic E-state index is 0.0502. The van der Waals surface area contributed by atoms with Crippen molar-refractivity contribution in [2.24, 2.45) is 0 Å². The van der Waals surface area contributed by atoms with Crippen molar-refractivity contribution in [3.05, 3.63) is 63.9 Å². The van der Waals surface area contributed by atoms with Gasteiger partial charge in [-0.15, -0.1) is 0 Å². The molecule has 0 aliphatic carbocycles. The van der Waals surface area contributed by atoms with Gasteiger partial charge < -0.3 is 5.32 Å². The van der Waals surface area contributed by atoms with Crippen LogP contribution < -0.4 is 5.32 Å². The van der Waals surface area contributed by atoms with Crippen molar-refractivity contribution in [2.45, 2.75) is 32.7 Å². The van der Waals surface area contributed by atoms with E-state index in [0.29, 0.717) is 16.1 Å². The maximum absolute atomic E-state index is 12.2. The zero-order valence-electron chi connectivity index (χ0n) is 12.4. The van der Waals surface area contributed by atoms with Gasteiger partial charge in [-0.05, 0) is 52.0 Å². The summed E-state index contributed by atoms with van der Waals surface area (Å²) in [5, 5.41) is 2.99. The average Bonchev–Trinajstić information content (AvgIpc) is 2.47. The number of aromatic nitrogens is 1. The molecule has 0 saturated carbocycles.